The highest BCUT2D eigenvalue weighted by atomic mass is 16.1. The van der Waals surface area contributed by atoms with Gasteiger partial charge in [-0.05, 0) is 35.2 Å². The van der Waals surface area contributed by atoms with E-state index in [4.69, 9.17) is 0 Å². The number of rotatable bonds is 4. The van der Waals surface area contributed by atoms with Crippen LogP contribution in [0.15, 0.2) is 48.8 Å². The van der Waals surface area contributed by atoms with Gasteiger partial charge in [-0.2, -0.15) is 0 Å². The van der Waals surface area contributed by atoms with Gasteiger partial charge in [-0.3, -0.25) is 4.79 Å². The molecule has 0 saturated carbocycles. The van der Waals surface area contributed by atoms with E-state index < -0.39 is 0 Å². The minimum atomic E-state index is -0.0792. The van der Waals surface area contributed by atoms with Crippen LogP contribution in [-0.2, 0) is 6.54 Å². The molecule has 22 heavy (non-hydrogen) atoms. The van der Waals surface area contributed by atoms with Crippen molar-refractivity contribution in [3.63, 3.8) is 0 Å². The van der Waals surface area contributed by atoms with Crippen molar-refractivity contribution in [1.29, 1.82) is 0 Å². The molecule has 0 aliphatic rings. The number of aromatic nitrogens is 2. The Labute approximate surface area is 129 Å². The average Bonchev–Trinajstić information content (AvgIpc) is 3.00. The Kier molecular flexibility index (Phi) is 3.92. The van der Waals surface area contributed by atoms with Crippen molar-refractivity contribution in [2.75, 3.05) is 0 Å². The number of hydrogen-bond donors (Lipinski definition) is 2. The lowest BCUT2D eigenvalue weighted by Gasteiger charge is -2.08. The standard InChI is InChI=1S/C18H19N3O/c1-12(2)14-5-3-13(4-6-14)10-19-18(22)15-7-8-16-17(9-15)21-11-20-16/h3-9,11-12H,10H2,1-2H3,(H,19,22)(H,20,21). The maximum atomic E-state index is 12.2. The molecule has 0 aliphatic heterocycles. The van der Waals surface area contributed by atoms with Gasteiger partial charge in [0.15, 0.2) is 0 Å². The second-order valence-corrected chi connectivity index (χ2v) is 5.71. The molecule has 1 aromatic heterocycles. The quantitative estimate of drug-likeness (QED) is 0.772. The highest BCUT2D eigenvalue weighted by molar-refractivity contribution is 5.97. The molecule has 112 valence electrons. The van der Waals surface area contributed by atoms with Gasteiger partial charge in [-0.15, -0.1) is 0 Å². The van der Waals surface area contributed by atoms with E-state index in [-0.39, 0.29) is 5.91 Å². The summed E-state index contributed by atoms with van der Waals surface area (Å²) in [6.07, 6.45) is 1.63. The molecule has 0 aliphatic carbocycles. The predicted molar refractivity (Wildman–Crippen MR) is 87.8 cm³/mol. The van der Waals surface area contributed by atoms with Gasteiger partial charge in [0.1, 0.15) is 0 Å². The Morgan fingerprint density at radius 1 is 1.18 bits per heavy atom. The van der Waals surface area contributed by atoms with E-state index in [2.05, 4.69) is 53.4 Å². The van der Waals surface area contributed by atoms with Crippen LogP contribution in [0.25, 0.3) is 11.0 Å². The van der Waals surface area contributed by atoms with Gasteiger partial charge in [0.05, 0.1) is 17.4 Å². The van der Waals surface area contributed by atoms with E-state index >= 15 is 0 Å². The van der Waals surface area contributed by atoms with Crippen molar-refractivity contribution in [2.45, 2.75) is 26.3 Å². The molecule has 3 rings (SSSR count). The number of aromatic amines is 1. The predicted octanol–water partition coefficient (Wildman–Crippen LogP) is 3.62. The lowest BCUT2D eigenvalue weighted by molar-refractivity contribution is 0.0951. The number of benzene rings is 2. The molecule has 4 nitrogen and oxygen atoms in total. The summed E-state index contributed by atoms with van der Waals surface area (Å²) in [6, 6.07) is 13.8. The monoisotopic (exact) mass is 293 g/mol. The van der Waals surface area contributed by atoms with E-state index in [0.717, 1.165) is 16.6 Å². The maximum absolute atomic E-state index is 12.2. The summed E-state index contributed by atoms with van der Waals surface area (Å²) in [7, 11) is 0. The summed E-state index contributed by atoms with van der Waals surface area (Å²) >= 11 is 0. The number of fused-ring (bicyclic) bond motifs is 1. The molecule has 4 heteroatoms. The number of nitrogens with zero attached hydrogens (tertiary/aromatic N) is 1. The van der Waals surface area contributed by atoms with Crippen molar-refractivity contribution >= 4 is 16.9 Å². The largest absolute Gasteiger partial charge is 0.348 e. The highest BCUT2D eigenvalue weighted by Crippen LogP contribution is 2.15. The first kappa shape index (κ1) is 14.3. The Morgan fingerprint density at radius 2 is 1.95 bits per heavy atom. The molecule has 2 N–H and O–H groups in total. The van der Waals surface area contributed by atoms with Crippen LogP contribution in [0.2, 0.25) is 0 Å². The number of nitrogens with one attached hydrogen (secondary N) is 2. The van der Waals surface area contributed by atoms with Gasteiger partial charge < -0.3 is 10.3 Å². The summed E-state index contributed by atoms with van der Waals surface area (Å²) in [6.45, 7) is 4.86. The molecule has 0 saturated heterocycles. The van der Waals surface area contributed by atoms with Gasteiger partial charge in [-0.25, -0.2) is 4.98 Å². The fourth-order valence-electron chi connectivity index (χ4n) is 2.38. The molecule has 1 heterocycles. The summed E-state index contributed by atoms with van der Waals surface area (Å²) in [5.74, 6) is 0.439. The van der Waals surface area contributed by atoms with E-state index in [1.807, 2.05) is 12.1 Å². The van der Waals surface area contributed by atoms with Crippen LogP contribution in [0.4, 0.5) is 0 Å². The number of imidazole rings is 1. The molecular weight excluding hydrogens is 274 g/mol. The molecule has 0 radical (unpaired) electrons. The van der Waals surface area contributed by atoms with Crippen LogP contribution in [0.5, 0.6) is 0 Å². The normalized spacial score (nSPS) is 11.0. The van der Waals surface area contributed by atoms with Crippen molar-refractivity contribution in [3.8, 4) is 0 Å². The molecule has 0 unspecified atom stereocenters. The van der Waals surface area contributed by atoms with E-state index in [0.29, 0.717) is 18.0 Å². The molecule has 2 aromatic carbocycles. The maximum Gasteiger partial charge on any atom is 0.251 e. The van der Waals surface area contributed by atoms with Crippen LogP contribution in [0.3, 0.4) is 0 Å². The third-order valence-corrected chi connectivity index (χ3v) is 3.78. The topological polar surface area (TPSA) is 57.8 Å². The average molecular weight is 293 g/mol. The van der Waals surface area contributed by atoms with E-state index in [9.17, 15) is 4.79 Å². The molecule has 3 aromatic rings. The summed E-state index contributed by atoms with van der Waals surface area (Å²) in [4.78, 5) is 19.4. The second kappa shape index (κ2) is 6.02. The Morgan fingerprint density at radius 3 is 2.68 bits per heavy atom. The SMILES string of the molecule is CC(C)c1ccc(CNC(=O)c2ccc3nc[nH]c3c2)cc1. The molecule has 0 fully saturated rings. The zero-order valence-corrected chi connectivity index (χ0v) is 12.8. The highest BCUT2D eigenvalue weighted by Gasteiger charge is 2.07. The van der Waals surface area contributed by atoms with E-state index in [1.165, 1.54) is 5.56 Å². The van der Waals surface area contributed by atoms with Crippen molar-refractivity contribution in [2.24, 2.45) is 0 Å². The van der Waals surface area contributed by atoms with Gasteiger partial charge in [0.25, 0.3) is 5.91 Å². The number of carbonyl (C=O) groups is 1. The summed E-state index contributed by atoms with van der Waals surface area (Å²) in [5, 5.41) is 2.95. The fourth-order valence-corrected chi connectivity index (χ4v) is 2.38. The fraction of sp³-hybridized carbons (Fsp3) is 0.222. The zero-order chi connectivity index (χ0) is 15.5. The third-order valence-electron chi connectivity index (χ3n) is 3.78. The lowest BCUT2D eigenvalue weighted by Crippen LogP contribution is -2.22. The van der Waals surface area contributed by atoms with Crippen molar-refractivity contribution in [1.82, 2.24) is 15.3 Å². The van der Waals surface area contributed by atoms with Gasteiger partial charge in [0, 0.05) is 12.1 Å². The zero-order valence-electron chi connectivity index (χ0n) is 12.8. The minimum Gasteiger partial charge on any atom is -0.348 e. The first-order valence-corrected chi connectivity index (χ1v) is 7.43. The lowest BCUT2D eigenvalue weighted by atomic mass is 10.0. The van der Waals surface area contributed by atoms with Crippen molar-refractivity contribution in [3.05, 3.63) is 65.5 Å². The Hall–Kier alpha value is -2.62. The van der Waals surface area contributed by atoms with Crippen LogP contribution in [0, 0.1) is 0 Å². The van der Waals surface area contributed by atoms with Crippen molar-refractivity contribution < 1.29 is 4.79 Å². The minimum absolute atomic E-state index is 0.0792. The number of carbonyl (C=O) groups excluding carboxylic acids is 1. The Balaban J connectivity index is 1.66. The Bertz CT molecular complexity index is 787. The number of amides is 1. The van der Waals surface area contributed by atoms with Crippen LogP contribution < -0.4 is 5.32 Å². The first-order chi connectivity index (χ1) is 10.6. The van der Waals surface area contributed by atoms with Gasteiger partial charge in [-0.1, -0.05) is 38.1 Å². The summed E-state index contributed by atoms with van der Waals surface area (Å²) in [5.41, 5.74) is 4.77. The number of H-pyrrole nitrogens is 1. The van der Waals surface area contributed by atoms with Crippen LogP contribution >= 0.6 is 0 Å². The van der Waals surface area contributed by atoms with Crippen LogP contribution in [-0.4, -0.2) is 15.9 Å². The van der Waals surface area contributed by atoms with Gasteiger partial charge >= 0.3 is 0 Å². The molecule has 0 spiro atoms. The summed E-state index contributed by atoms with van der Waals surface area (Å²) < 4.78 is 0. The van der Waals surface area contributed by atoms with Gasteiger partial charge in [0.2, 0.25) is 0 Å². The molecule has 0 bridgehead atoms. The second-order valence-electron chi connectivity index (χ2n) is 5.71. The molecule has 1 amide bonds. The first-order valence-electron chi connectivity index (χ1n) is 7.43. The van der Waals surface area contributed by atoms with Crippen LogP contribution in [0.1, 0.15) is 41.3 Å². The smallest absolute Gasteiger partial charge is 0.251 e. The molecule has 0 atom stereocenters. The van der Waals surface area contributed by atoms with E-state index in [1.54, 1.807) is 12.4 Å². The third kappa shape index (κ3) is 3.01. The number of hydrogen-bond acceptors (Lipinski definition) is 2. The molecular formula is C18H19N3O.